The van der Waals surface area contributed by atoms with Crippen molar-refractivity contribution in [3.63, 3.8) is 0 Å². The fourth-order valence-electron chi connectivity index (χ4n) is 4.31. The summed E-state index contributed by atoms with van der Waals surface area (Å²) in [5, 5.41) is 0. The van der Waals surface area contributed by atoms with Crippen molar-refractivity contribution in [2.75, 3.05) is 27.9 Å². The Balaban J connectivity index is 1.97. The van der Waals surface area contributed by atoms with Crippen LogP contribution in [-0.4, -0.2) is 27.9 Å². The molecule has 0 unspecified atom stereocenters. The fraction of sp³-hybridized carbons (Fsp3) is 0.400. The first kappa shape index (κ1) is 15.3. The fourth-order valence-corrected chi connectivity index (χ4v) is 4.31. The summed E-state index contributed by atoms with van der Waals surface area (Å²) in [6, 6.07) is 12.7. The third kappa shape index (κ3) is 2.09. The van der Waals surface area contributed by atoms with Gasteiger partial charge in [-0.25, -0.2) is 0 Å². The van der Waals surface area contributed by atoms with Crippen LogP contribution in [0.2, 0.25) is 0 Å². The van der Waals surface area contributed by atoms with Gasteiger partial charge in [0.25, 0.3) is 0 Å². The van der Waals surface area contributed by atoms with Crippen molar-refractivity contribution in [3.05, 3.63) is 53.1 Å². The molecule has 2 aromatic carbocycles. The highest BCUT2D eigenvalue weighted by molar-refractivity contribution is 5.64. The topological polar surface area (TPSA) is 36.9 Å². The van der Waals surface area contributed by atoms with Gasteiger partial charge in [0, 0.05) is 24.0 Å². The van der Waals surface area contributed by atoms with Crippen molar-refractivity contribution in [2.24, 2.45) is 5.92 Å². The molecule has 3 atom stereocenters. The zero-order chi connectivity index (χ0) is 16.7. The van der Waals surface area contributed by atoms with Crippen LogP contribution in [-0.2, 0) is 4.74 Å². The van der Waals surface area contributed by atoms with Crippen molar-refractivity contribution >= 4 is 0 Å². The Kier molecular flexibility index (Phi) is 3.85. The van der Waals surface area contributed by atoms with Crippen molar-refractivity contribution in [1.29, 1.82) is 0 Å². The highest BCUT2D eigenvalue weighted by Gasteiger charge is 2.48. The van der Waals surface area contributed by atoms with Crippen LogP contribution in [0.25, 0.3) is 0 Å². The highest BCUT2D eigenvalue weighted by Crippen LogP contribution is 2.60. The van der Waals surface area contributed by atoms with Crippen molar-refractivity contribution in [1.82, 2.24) is 0 Å². The Morgan fingerprint density at radius 1 is 0.958 bits per heavy atom. The Morgan fingerprint density at radius 2 is 1.71 bits per heavy atom. The van der Waals surface area contributed by atoms with Crippen molar-refractivity contribution in [2.45, 2.75) is 18.4 Å². The molecule has 0 N–H and O–H groups in total. The monoisotopic (exact) mass is 326 g/mol. The van der Waals surface area contributed by atoms with Crippen LogP contribution < -0.4 is 14.2 Å². The van der Waals surface area contributed by atoms with Gasteiger partial charge in [-0.2, -0.15) is 0 Å². The summed E-state index contributed by atoms with van der Waals surface area (Å²) in [5.74, 6) is 2.78. The van der Waals surface area contributed by atoms with E-state index >= 15 is 0 Å². The van der Waals surface area contributed by atoms with Crippen molar-refractivity contribution < 1.29 is 18.9 Å². The second-order valence-corrected chi connectivity index (χ2v) is 6.28. The van der Waals surface area contributed by atoms with E-state index in [1.165, 1.54) is 16.7 Å². The molecule has 1 fully saturated rings. The van der Waals surface area contributed by atoms with Crippen LogP contribution >= 0.6 is 0 Å². The molecule has 0 aromatic heterocycles. The van der Waals surface area contributed by atoms with E-state index in [0.717, 1.165) is 18.8 Å². The molecule has 0 radical (unpaired) electrons. The molecular weight excluding hydrogens is 304 g/mol. The van der Waals surface area contributed by atoms with E-state index in [1.54, 1.807) is 21.3 Å². The first-order valence-electron chi connectivity index (χ1n) is 8.29. The Bertz CT molecular complexity index is 741. The Hall–Kier alpha value is -2.20. The first-order chi connectivity index (χ1) is 11.8. The van der Waals surface area contributed by atoms with Gasteiger partial charge in [0.15, 0.2) is 11.5 Å². The van der Waals surface area contributed by atoms with Gasteiger partial charge < -0.3 is 18.9 Å². The second kappa shape index (κ2) is 6.02. The van der Waals surface area contributed by atoms with E-state index in [9.17, 15) is 0 Å². The molecule has 0 spiro atoms. The first-order valence-corrected chi connectivity index (χ1v) is 8.29. The maximum absolute atomic E-state index is 6.08. The molecule has 1 saturated heterocycles. The van der Waals surface area contributed by atoms with Crippen LogP contribution in [0.5, 0.6) is 17.2 Å². The van der Waals surface area contributed by atoms with Gasteiger partial charge in [0.05, 0.1) is 27.4 Å². The Labute approximate surface area is 142 Å². The lowest BCUT2D eigenvalue weighted by molar-refractivity contribution is 0.0967. The molecule has 2 aliphatic rings. The quantitative estimate of drug-likeness (QED) is 0.853. The smallest absolute Gasteiger partial charge is 0.203 e. The SMILES string of the molecule is COc1cc2c(c(OC)c1OC)[C@@H](c1ccccc1)[C@@H]1CCO[C@H]21. The summed E-state index contributed by atoms with van der Waals surface area (Å²) in [5.41, 5.74) is 3.64. The molecule has 4 heteroatoms. The summed E-state index contributed by atoms with van der Waals surface area (Å²) in [6.07, 6.45) is 1.14. The van der Waals surface area contributed by atoms with Crippen molar-refractivity contribution in [3.8, 4) is 17.2 Å². The molecular formula is C20H22O4. The zero-order valence-electron chi connectivity index (χ0n) is 14.2. The van der Waals surface area contributed by atoms with E-state index in [0.29, 0.717) is 17.4 Å². The Morgan fingerprint density at radius 3 is 2.38 bits per heavy atom. The zero-order valence-corrected chi connectivity index (χ0v) is 14.2. The number of hydrogen-bond acceptors (Lipinski definition) is 4. The van der Waals surface area contributed by atoms with E-state index in [4.69, 9.17) is 18.9 Å². The average molecular weight is 326 g/mol. The van der Waals surface area contributed by atoms with E-state index in [-0.39, 0.29) is 12.0 Å². The summed E-state index contributed by atoms with van der Waals surface area (Å²) >= 11 is 0. The lowest BCUT2D eigenvalue weighted by Gasteiger charge is -2.22. The maximum Gasteiger partial charge on any atom is 0.203 e. The van der Waals surface area contributed by atoms with Gasteiger partial charge in [-0.1, -0.05) is 30.3 Å². The molecule has 1 aliphatic carbocycles. The summed E-state index contributed by atoms with van der Waals surface area (Å²) in [7, 11) is 4.99. The van der Waals surface area contributed by atoms with Crippen LogP contribution in [0.15, 0.2) is 36.4 Å². The highest BCUT2D eigenvalue weighted by atomic mass is 16.5. The standard InChI is InChI=1S/C20H22O4/c1-21-15-11-14-17(20(23-3)19(15)22-2)16(12-7-5-4-6-8-12)13-9-10-24-18(13)14/h4-8,11,13,16,18H,9-10H2,1-3H3/t13-,16-,18-/m0/s1. The van der Waals surface area contributed by atoms with Gasteiger partial charge >= 0.3 is 0 Å². The summed E-state index contributed by atoms with van der Waals surface area (Å²) < 4.78 is 23.0. The molecule has 126 valence electrons. The minimum absolute atomic E-state index is 0.0962. The minimum Gasteiger partial charge on any atom is -0.493 e. The predicted octanol–water partition coefficient (Wildman–Crippen LogP) is 3.94. The molecule has 2 aromatic rings. The van der Waals surface area contributed by atoms with Crippen LogP contribution in [0, 0.1) is 5.92 Å². The number of rotatable bonds is 4. The van der Waals surface area contributed by atoms with E-state index < -0.39 is 0 Å². The predicted molar refractivity (Wildman–Crippen MR) is 91.2 cm³/mol. The number of ether oxygens (including phenoxy) is 4. The molecule has 0 amide bonds. The van der Waals surface area contributed by atoms with Gasteiger partial charge in [-0.05, 0) is 23.6 Å². The molecule has 0 saturated carbocycles. The number of fused-ring (bicyclic) bond motifs is 3. The molecule has 4 nitrogen and oxygen atoms in total. The minimum atomic E-state index is 0.0962. The summed E-state index contributed by atoms with van der Waals surface area (Å²) in [6.45, 7) is 0.800. The molecule has 1 heterocycles. The molecule has 1 aliphatic heterocycles. The second-order valence-electron chi connectivity index (χ2n) is 6.28. The van der Waals surface area contributed by atoms with Gasteiger partial charge in [0.2, 0.25) is 5.75 Å². The lowest BCUT2D eigenvalue weighted by atomic mass is 9.84. The average Bonchev–Trinajstić information content (AvgIpc) is 3.21. The van der Waals surface area contributed by atoms with Gasteiger partial charge in [-0.15, -0.1) is 0 Å². The summed E-state index contributed by atoms with van der Waals surface area (Å²) in [4.78, 5) is 0. The number of methoxy groups -OCH3 is 3. The lowest BCUT2D eigenvalue weighted by Crippen LogP contribution is -2.09. The van der Waals surface area contributed by atoms with Crippen LogP contribution in [0.3, 0.4) is 0 Å². The van der Waals surface area contributed by atoms with Gasteiger partial charge in [-0.3, -0.25) is 0 Å². The third-order valence-corrected chi connectivity index (χ3v) is 5.24. The van der Waals surface area contributed by atoms with E-state index in [1.807, 2.05) is 6.07 Å². The van der Waals surface area contributed by atoms with Gasteiger partial charge in [0.1, 0.15) is 0 Å². The van der Waals surface area contributed by atoms with E-state index in [2.05, 4.69) is 30.3 Å². The maximum atomic E-state index is 6.08. The molecule has 24 heavy (non-hydrogen) atoms. The number of benzene rings is 2. The van der Waals surface area contributed by atoms with Crippen LogP contribution in [0.1, 0.15) is 35.1 Å². The molecule has 0 bridgehead atoms. The molecule has 4 rings (SSSR count). The number of hydrogen-bond donors (Lipinski definition) is 0. The normalized spacial score (nSPS) is 24.4. The largest absolute Gasteiger partial charge is 0.493 e. The van der Waals surface area contributed by atoms with Crippen LogP contribution in [0.4, 0.5) is 0 Å². The third-order valence-electron chi connectivity index (χ3n) is 5.24.